The van der Waals surface area contributed by atoms with Crippen molar-refractivity contribution in [1.82, 2.24) is 0 Å². The Balaban J connectivity index is 1.68. The first kappa shape index (κ1) is 17.9. The SMILES string of the molecule is C=CCc1ccc(OCCCC[NH+]2CCC(C)CC2)c(OC)c1. The summed E-state index contributed by atoms with van der Waals surface area (Å²) >= 11 is 0. The van der Waals surface area contributed by atoms with Gasteiger partial charge in [0.25, 0.3) is 0 Å². The van der Waals surface area contributed by atoms with Crippen molar-refractivity contribution in [1.29, 1.82) is 0 Å². The molecule has 0 unspecified atom stereocenters. The summed E-state index contributed by atoms with van der Waals surface area (Å²) in [7, 11) is 1.70. The molecule has 1 aromatic carbocycles. The molecule has 1 aliphatic rings. The van der Waals surface area contributed by atoms with Gasteiger partial charge in [-0.25, -0.2) is 0 Å². The highest BCUT2D eigenvalue weighted by atomic mass is 16.5. The van der Waals surface area contributed by atoms with Gasteiger partial charge in [-0.2, -0.15) is 0 Å². The third-order valence-electron chi connectivity index (χ3n) is 4.77. The van der Waals surface area contributed by atoms with Gasteiger partial charge in [0.15, 0.2) is 11.5 Å². The van der Waals surface area contributed by atoms with Gasteiger partial charge >= 0.3 is 0 Å². The second-order valence-corrected chi connectivity index (χ2v) is 6.72. The van der Waals surface area contributed by atoms with Crippen LogP contribution in [0.15, 0.2) is 30.9 Å². The van der Waals surface area contributed by atoms with Gasteiger partial charge in [0, 0.05) is 0 Å². The van der Waals surface area contributed by atoms with Crippen LogP contribution in [0.1, 0.15) is 38.2 Å². The first-order valence-electron chi connectivity index (χ1n) is 8.97. The van der Waals surface area contributed by atoms with E-state index in [1.54, 1.807) is 12.0 Å². The number of unbranched alkanes of at least 4 members (excludes halogenated alkanes) is 1. The van der Waals surface area contributed by atoms with Crippen LogP contribution in [0.4, 0.5) is 0 Å². The molecule has 1 N–H and O–H groups in total. The fourth-order valence-corrected chi connectivity index (χ4v) is 3.20. The minimum absolute atomic E-state index is 0.765. The van der Waals surface area contributed by atoms with Crippen LogP contribution in [0.5, 0.6) is 11.5 Å². The van der Waals surface area contributed by atoms with Crippen molar-refractivity contribution in [2.45, 2.75) is 39.0 Å². The van der Waals surface area contributed by atoms with E-state index in [0.717, 1.165) is 36.9 Å². The summed E-state index contributed by atoms with van der Waals surface area (Å²) in [5, 5.41) is 0. The molecule has 1 saturated heterocycles. The number of nitrogens with one attached hydrogen (secondary N) is 1. The lowest BCUT2D eigenvalue weighted by Gasteiger charge is -2.27. The number of piperidine rings is 1. The molecule has 0 saturated carbocycles. The molecule has 0 amide bonds. The second kappa shape index (κ2) is 9.61. The number of methoxy groups -OCH3 is 1. The smallest absolute Gasteiger partial charge is 0.161 e. The maximum atomic E-state index is 5.91. The number of rotatable bonds is 9. The highest BCUT2D eigenvalue weighted by Gasteiger charge is 2.17. The zero-order valence-electron chi connectivity index (χ0n) is 14.8. The number of hydrogen-bond donors (Lipinski definition) is 1. The van der Waals surface area contributed by atoms with Crippen LogP contribution >= 0.6 is 0 Å². The Morgan fingerprint density at radius 2 is 2.00 bits per heavy atom. The highest BCUT2D eigenvalue weighted by Crippen LogP contribution is 2.28. The standard InChI is InChI=1S/C20H31NO2/c1-4-7-18-8-9-19(20(16-18)22-3)23-15-6-5-12-21-13-10-17(2)11-14-21/h4,8-9,16-17H,1,5-7,10-15H2,2-3H3/p+1. The van der Waals surface area contributed by atoms with Crippen LogP contribution in [0.3, 0.4) is 0 Å². The second-order valence-electron chi connectivity index (χ2n) is 6.72. The first-order valence-corrected chi connectivity index (χ1v) is 8.97. The van der Waals surface area contributed by atoms with E-state index in [0.29, 0.717) is 0 Å². The van der Waals surface area contributed by atoms with E-state index >= 15 is 0 Å². The zero-order chi connectivity index (χ0) is 16.5. The summed E-state index contributed by atoms with van der Waals surface area (Å²) in [5.41, 5.74) is 1.20. The molecule has 3 nitrogen and oxygen atoms in total. The zero-order valence-corrected chi connectivity index (χ0v) is 14.8. The summed E-state index contributed by atoms with van der Waals surface area (Å²) < 4.78 is 11.3. The van der Waals surface area contributed by atoms with Crippen molar-refractivity contribution in [3.05, 3.63) is 36.4 Å². The van der Waals surface area contributed by atoms with E-state index in [1.807, 2.05) is 18.2 Å². The van der Waals surface area contributed by atoms with Gasteiger partial charge in [-0.3, -0.25) is 0 Å². The van der Waals surface area contributed by atoms with Crippen LogP contribution in [-0.4, -0.2) is 33.4 Å². The molecule has 128 valence electrons. The van der Waals surface area contributed by atoms with Crippen molar-refractivity contribution in [3.63, 3.8) is 0 Å². The average molecular weight is 318 g/mol. The Bertz CT molecular complexity index is 479. The summed E-state index contributed by atoms with van der Waals surface area (Å²) in [6.45, 7) is 10.9. The van der Waals surface area contributed by atoms with Gasteiger partial charge < -0.3 is 14.4 Å². The van der Waals surface area contributed by atoms with Crippen LogP contribution < -0.4 is 14.4 Å². The Morgan fingerprint density at radius 1 is 1.22 bits per heavy atom. The maximum Gasteiger partial charge on any atom is 0.161 e. The number of ether oxygens (including phenoxy) is 2. The minimum atomic E-state index is 0.765. The van der Waals surface area contributed by atoms with Gasteiger partial charge in [-0.05, 0) is 55.7 Å². The number of allylic oxidation sites excluding steroid dienone is 1. The van der Waals surface area contributed by atoms with Gasteiger partial charge in [-0.15, -0.1) is 6.58 Å². The lowest BCUT2D eigenvalue weighted by atomic mass is 9.99. The van der Waals surface area contributed by atoms with Gasteiger partial charge in [0.1, 0.15) is 0 Å². The average Bonchev–Trinajstić information content (AvgIpc) is 2.57. The van der Waals surface area contributed by atoms with E-state index in [-0.39, 0.29) is 0 Å². The molecule has 0 atom stereocenters. The molecular formula is C20H32NO2+. The number of benzene rings is 1. The molecule has 1 heterocycles. The van der Waals surface area contributed by atoms with E-state index < -0.39 is 0 Å². The van der Waals surface area contributed by atoms with Crippen LogP contribution in [0.2, 0.25) is 0 Å². The van der Waals surface area contributed by atoms with Crippen molar-refractivity contribution < 1.29 is 14.4 Å². The fraction of sp³-hybridized carbons (Fsp3) is 0.600. The molecule has 0 bridgehead atoms. The van der Waals surface area contributed by atoms with E-state index in [2.05, 4.69) is 19.6 Å². The predicted molar refractivity (Wildman–Crippen MR) is 95.6 cm³/mol. The molecule has 1 fully saturated rings. The molecule has 1 aliphatic heterocycles. The molecule has 23 heavy (non-hydrogen) atoms. The summed E-state index contributed by atoms with van der Waals surface area (Å²) in [4.78, 5) is 1.77. The monoisotopic (exact) mass is 318 g/mol. The molecule has 0 radical (unpaired) electrons. The Morgan fingerprint density at radius 3 is 2.70 bits per heavy atom. The minimum Gasteiger partial charge on any atom is -0.493 e. The van der Waals surface area contributed by atoms with Crippen molar-refractivity contribution >= 4 is 0 Å². The third kappa shape index (κ3) is 5.91. The van der Waals surface area contributed by atoms with E-state index in [4.69, 9.17) is 9.47 Å². The number of likely N-dealkylation sites (tertiary alicyclic amines) is 1. The van der Waals surface area contributed by atoms with E-state index in [1.165, 1.54) is 44.5 Å². The Kier molecular flexibility index (Phi) is 7.47. The predicted octanol–water partition coefficient (Wildman–Crippen LogP) is 2.90. The first-order chi connectivity index (χ1) is 11.2. The van der Waals surface area contributed by atoms with Gasteiger partial charge in [0.2, 0.25) is 0 Å². The Hall–Kier alpha value is -1.48. The molecule has 0 aliphatic carbocycles. The fourth-order valence-electron chi connectivity index (χ4n) is 3.20. The van der Waals surface area contributed by atoms with Crippen LogP contribution in [0, 0.1) is 5.92 Å². The summed E-state index contributed by atoms with van der Waals surface area (Å²) in [5.74, 6) is 2.60. The highest BCUT2D eigenvalue weighted by molar-refractivity contribution is 5.43. The molecule has 3 heteroatoms. The van der Waals surface area contributed by atoms with Gasteiger partial charge in [-0.1, -0.05) is 19.1 Å². The molecule has 0 aromatic heterocycles. The topological polar surface area (TPSA) is 22.9 Å². The summed E-state index contributed by atoms with van der Waals surface area (Å²) in [6.07, 6.45) is 7.88. The lowest BCUT2D eigenvalue weighted by Crippen LogP contribution is -3.13. The maximum absolute atomic E-state index is 5.91. The quantitative estimate of drug-likeness (QED) is 0.559. The van der Waals surface area contributed by atoms with Crippen LogP contribution in [-0.2, 0) is 6.42 Å². The number of hydrogen-bond acceptors (Lipinski definition) is 2. The molecule has 2 rings (SSSR count). The molecular weight excluding hydrogens is 286 g/mol. The lowest BCUT2D eigenvalue weighted by molar-refractivity contribution is -0.906. The van der Waals surface area contributed by atoms with Gasteiger partial charge in [0.05, 0.1) is 33.4 Å². The molecule has 0 spiro atoms. The van der Waals surface area contributed by atoms with E-state index in [9.17, 15) is 0 Å². The van der Waals surface area contributed by atoms with Crippen molar-refractivity contribution in [3.8, 4) is 11.5 Å². The van der Waals surface area contributed by atoms with Crippen molar-refractivity contribution in [2.75, 3.05) is 33.4 Å². The third-order valence-corrected chi connectivity index (χ3v) is 4.77. The summed E-state index contributed by atoms with van der Waals surface area (Å²) in [6, 6.07) is 6.13. The largest absolute Gasteiger partial charge is 0.493 e. The molecule has 1 aromatic rings. The Labute approximate surface area is 141 Å². The normalized spacial score (nSPS) is 21.0. The van der Waals surface area contributed by atoms with Crippen LogP contribution in [0.25, 0.3) is 0 Å². The van der Waals surface area contributed by atoms with Crippen molar-refractivity contribution in [2.24, 2.45) is 5.92 Å². The number of quaternary nitrogens is 1.